The summed E-state index contributed by atoms with van der Waals surface area (Å²) >= 11 is 0. The minimum absolute atomic E-state index is 0.0217. The average Bonchev–Trinajstić information content (AvgIpc) is 2.71. The Labute approximate surface area is 191 Å². The average molecular weight is 466 g/mol. The van der Waals surface area contributed by atoms with E-state index in [0.717, 1.165) is 21.8 Å². The van der Waals surface area contributed by atoms with Gasteiger partial charge in [-0.25, -0.2) is 13.9 Å². The van der Waals surface area contributed by atoms with Gasteiger partial charge < -0.3 is 0 Å². The Morgan fingerprint density at radius 2 is 1.72 bits per heavy atom. The van der Waals surface area contributed by atoms with Crippen LogP contribution in [0.15, 0.2) is 48.1 Å². The van der Waals surface area contributed by atoms with Gasteiger partial charge in [-0.15, -0.1) is 4.41 Å². The van der Waals surface area contributed by atoms with Gasteiger partial charge in [0.15, 0.2) is 0 Å². The molecular weight excluding hydrogens is 430 g/mol. The van der Waals surface area contributed by atoms with E-state index >= 15 is 0 Å². The molecule has 1 rings (SSSR count). The lowest BCUT2D eigenvalue weighted by molar-refractivity contribution is -0.141. The van der Waals surface area contributed by atoms with Crippen molar-refractivity contribution >= 4 is 27.9 Å². The molecule has 0 fully saturated rings. The van der Waals surface area contributed by atoms with Crippen molar-refractivity contribution in [3.8, 4) is 0 Å². The molecule has 0 heterocycles. The number of sulfonamides is 1. The van der Waals surface area contributed by atoms with Crippen molar-refractivity contribution in [2.75, 3.05) is 12.8 Å². The van der Waals surface area contributed by atoms with Gasteiger partial charge in [-0.2, -0.15) is 0 Å². The summed E-state index contributed by atoms with van der Waals surface area (Å²) in [5.74, 6) is -2.96. The first-order valence-corrected chi connectivity index (χ1v) is 12.4. The highest BCUT2D eigenvalue weighted by Gasteiger charge is 2.35. The molecule has 0 bridgehead atoms. The number of hydrogen-bond acceptors (Lipinski definition) is 5. The summed E-state index contributed by atoms with van der Waals surface area (Å²) in [5, 5.41) is 9.27. The van der Waals surface area contributed by atoms with E-state index in [2.05, 4.69) is 5.43 Å². The first kappa shape index (κ1) is 27.5. The monoisotopic (exact) mass is 465 g/mol. The number of hydroxylamine groups is 1. The number of carbonyl (C=O) groups excluding carboxylic acids is 2. The van der Waals surface area contributed by atoms with E-state index in [1.807, 2.05) is 64.1 Å². The van der Waals surface area contributed by atoms with Gasteiger partial charge in [0.1, 0.15) is 0 Å². The van der Waals surface area contributed by atoms with Crippen LogP contribution in [0, 0.1) is 17.8 Å². The van der Waals surface area contributed by atoms with E-state index < -0.39 is 33.7 Å². The number of rotatable bonds is 12. The Morgan fingerprint density at radius 3 is 2.22 bits per heavy atom. The quantitative estimate of drug-likeness (QED) is 0.249. The molecule has 32 heavy (non-hydrogen) atoms. The largest absolute Gasteiger partial charge is 0.289 e. The Balaban J connectivity index is 3.16. The van der Waals surface area contributed by atoms with Crippen molar-refractivity contribution in [2.45, 2.75) is 40.5 Å². The van der Waals surface area contributed by atoms with Crippen LogP contribution in [0.3, 0.4) is 0 Å². The molecule has 0 unspecified atom stereocenters. The lowest BCUT2D eigenvalue weighted by Gasteiger charge is -2.28. The fraction of sp³-hybridized carbons (Fsp3) is 0.478. The second kappa shape index (κ2) is 13.1. The van der Waals surface area contributed by atoms with Gasteiger partial charge in [0.05, 0.1) is 24.6 Å². The molecule has 0 radical (unpaired) electrons. The van der Waals surface area contributed by atoms with E-state index in [0.29, 0.717) is 6.42 Å². The van der Waals surface area contributed by atoms with Crippen LogP contribution in [0.5, 0.6) is 0 Å². The Hall–Kier alpha value is -2.49. The van der Waals surface area contributed by atoms with Crippen LogP contribution >= 0.6 is 0 Å². The highest BCUT2D eigenvalue weighted by molar-refractivity contribution is 7.88. The second-order valence-electron chi connectivity index (χ2n) is 8.42. The fourth-order valence-electron chi connectivity index (χ4n) is 3.15. The third kappa shape index (κ3) is 9.76. The van der Waals surface area contributed by atoms with Gasteiger partial charge in [-0.1, -0.05) is 68.0 Å². The van der Waals surface area contributed by atoms with Gasteiger partial charge >= 0.3 is 0 Å². The van der Waals surface area contributed by atoms with Crippen LogP contribution < -0.4 is 10.9 Å². The van der Waals surface area contributed by atoms with E-state index in [1.54, 1.807) is 17.6 Å². The van der Waals surface area contributed by atoms with E-state index in [-0.39, 0.29) is 18.9 Å². The zero-order valence-corrected chi connectivity index (χ0v) is 20.2. The topological polar surface area (TPSA) is 116 Å². The lowest BCUT2D eigenvalue weighted by Crippen LogP contribution is -2.50. The smallest absolute Gasteiger partial charge is 0.247 e. The van der Waals surface area contributed by atoms with Crippen molar-refractivity contribution in [2.24, 2.45) is 17.8 Å². The molecule has 178 valence electrons. The van der Waals surface area contributed by atoms with Crippen LogP contribution in [0.4, 0.5) is 0 Å². The number of hydrazine groups is 1. The summed E-state index contributed by atoms with van der Waals surface area (Å²) in [6.07, 6.45) is 6.82. The highest BCUT2D eigenvalue weighted by atomic mass is 32.2. The first-order valence-electron chi connectivity index (χ1n) is 10.5. The van der Waals surface area contributed by atoms with Crippen molar-refractivity contribution in [3.63, 3.8) is 0 Å². The molecule has 1 aromatic rings. The van der Waals surface area contributed by atoms with Gasteiger partial charge in [0, 0.05) is 0 Å². The van der Waals surface area contributed by atoms with Gasteiger partial charge in [0.25, 0.3) is 0 Å². The SMILES string of the molecule is CC(C)=CCN(NC(=O)[C@H](CC(C)C)[C@H](C/C=C/c1ccccc1)C(=O)NO)S(C)(=O)=O. The molecule has 0 saturated carbocycles. The van der Waals surface area contributed by atoms with Crippen molar-refractivity contribution in [1.82, 2.24) is 15.3 Å². The number of nitrogens with one attached hydrogen (secondary N) is 2. The molecule has 2 atom stereocenters. The molecule has 2 amide bonds. The van der Waals surface area contributed by atoms with Gasteiger partial charge in [-0.3, -0.25) is 20.2 Å². The standard InChI is InChI=1S/C23H35N3O5S/c1-17(2)14-15-26(32(5,30)31)24-22(27)21(16-18(3)4)20(23(28)25-29)13-9-12-19-10-7-6-8-11-19/h6-12,14,18,20-21,29H,13,15-16H2,1-5H3,(H,24,27)(H,25,28)/b12-9+/t20-,21+/m0/s1. The molecule has 0 aliphatic carbocycles. The molecule has 0 aromatic heterocycles. The molecule has 3 N–H and O–H groups in total. The van der Waals surface area contributed by atoms with E-state index in [9.17, 15) is 23.2 Å². The molecular formula is C23H35N3O5S. The summed E-state index contributed by atoms with van der Waals surface area (Å²) in [4.78, 5) is 25.6. The Morgan fingerprint density at radius 1 is 1.09 bits per heavy atom. The third-order valence-corrected chi connectivity index (χ3v) is 5.84. The zero-order chi connectivity index (χ0) is 24.3. The zero-order valence-electron chi connectivity index (χ0n) is 19.4. The molecule has 0 aliphatic rings. The predicted octanol–water partition coefficient (Wildman–Crippen LogP) is 3.13. The van der Waals surface area contributed by atoms with Crippen LogP contribution in [0.1, 0.15) is 46.1 Å². The van der Waals surface area contributed by atoms with Crippen LogP contribution in [0.2, 0.25) is 0 Å². The maximum atomic E-state index is 13.2. The number of nitrogens with zero attached hydrogens (tertiary/aromatic N) is 1. The van der Waals surface area contributed by atoms with Crippen LogP contribution in [-0.4, -0.2) is 42.7 Å². The first-order chi connectivity index (χ1) is 15.0. The van der Waals surface area contributed by atoms with Gasteiger partial charge in [0.2, 0.25) is 21.8 Å². The molecule has 0 spiro atoms. The lowest BCUT2D eigenvalue weighted by atomic mass is 9.82. The third-order valence-electron chi connectivity index (χ3n) is 4.80. The van der Waals surface area contributed by atoms with Crippen molar-refractivity contribution in [3.05, 3.63) is 53.6 Å². The van der Waals surface area contributed by atoms with E-state index in [4.69, 9.17) is 0 Å². The summed E-state index contributed by atoms with van der Waals surface area (Å²) in [5.41, 5.74) is 5.95. The maximum Gasteiger partial charge on any atom is 0.247 e. The fourth-order valence-corrected chi connectivity index (χ4v) is 3.75. The van der Waals surface area contributed by atoms with Crippen molar-refractivity contribution < 1.29 is 23.2 Å². The normalized spacial score (nSPS) is 13.8. The number of benzene rings is 1. The summed E-state index contributed by atoms with van der Waals surface area (Å²) in [7, 11) is -3.73. The molecule has 0 aliphatic heterocycles. The number of carbonyl (C=O) groups is 2. The summed E-state index contributed by atoms with van der Waals surface area (Å²) < 4.78 is 25.2. The molecule has 9 heteroatoms. The number of allylic oxidation sites excluding steroid dienone is 2. The minimum Gasteiger partial charge on any atom is -0.289 e. The highest BCUT2D eigenvalue weighted by Crippen LogP contribution is 2.25. The van der Waals surface area contributed by atoms with E-state index in [1.165, 1.54) is 0 Å². The predicted molar refractivity (Wildman–Crippen MR) is 126 cm³/mol. The second-order valence-corrected chi connectivity index (χ2v) is 10.3. The van der Waals surface area contributed by atoms with Crippen molar-refractivity contribution in [1.29, 1.82) is 0 Å². The summed E-state index contributed by atoms with van der Waals surface area (Å²) in [6.45, 7) is 7.44. The minimum atomic E-state index is -3.73. The Kier molecular flexibility index (Phi) is 11.3. The van der Waals surface area contributed by atoms with Gasteiger partial charge in [-0.05, 0) is 38.2 Å². The summed E-state index contributed by atoms with van der Waals surface area (Å²) in [6, 6.07) is 9.48. The van der Waals surface area contributed by atoms with Crippen LogP contribution in [0.25, 0.3) is 6.08 Å². The molecule has 1 aromatic carbocycles. The number of hydrogen-bond donors (Lipinski definition) is 3. The maximum absolute atomic E-state index is 13.2. The number of amides is 2. The molecule has 0 saturated heterocycles. The molecule has 8 nitrogen and oxygen atoms in total. The Bertz CT molecular complexity index is 907. The van der Waals surface area contributed by atoms with Crippen LogP contribution in [-0.2, 0) is 19.6 Å².